The second-order valence-electron chi connectivity index (χ2n) is 4.92. The van der Waals surface area contributed by atoms with Gasteiger partial charge in [0.25, 0.3) is 0 Å². The van der Waals surface area contributed by atoms with E-state index in [9.17, 15) is 14.7 Å². The second-order valence-corrected chi connectivity index (χ2v) is 4.92. The average molecular weight is 293 g/mol. The molecule has 1 amide bonds. The number of phenolic OH excluding ortho intramolecular Hbond substituents is 1. The number of phenols is 1. The number of nitrogens with zero attached hydrogens (tertiary/aromatic N) is 1. The van der Waals surface area contributed by atoms with Gasteiger partial charge in [0.2, 0.25) is 5.91 Å². The first-order valence-corrected chi connectivity index (χ1v) is 6.83. The van der Waals surface area contributed by atoms with Gasteiger partial charge in [0.15, 0.2) is 0 Å². The van der Waals surface area contributed by atoms with E-state index in [0.29, 0.717) is 25.3 Å². The van der Waals surface area contributed by atoms with Crippen molar-refractivity contribution in [2.24, 2.45) is 0 Å². The van der Waals surface area contributed by atoms with Crippen LogP contribution in [0.2, 0.25) is 0 Å². The predicted octanol–water partition coefficient (Wildman–Crippen LogP) is 0.725. The van der Waals surface area contributed by atoms with Gasteiger partial charge in [0, 0.05) is 18.7 Å². The van der Waals surface area contributed by atoms with Gasteiger partial charge in [-0.3, -0.25) is 9.59 Å². The molecule has 1 aromatic carbocycles. The number of para-hydroxylation sites is 1. The van der Waals surface area contributed by atoms with E-state index in [2.05, 4.69) is 4.74 Å². The minimum absolute atomic E-state index is 0.0883. The molecule has 0 bridgehead atoms. The summed E-state index contributed by atoms with van der Waals surface area (Å²) < 4.78 is 10.1. The summed E-state index contributed by atoms with van der Waals surface area (Å²) in [7, 11) is 1.33. The van der Waals surface area contributed by atoms with Crippen LogP contribution in [-0.2, 0) is 25.5 Å². The van der Waals surface area contributed by atoms with Gasteiger partial charge in [-0.25, -0.2) is 0 Å². The fourth-order valence-electron chi connectivity index (χ4n) is 2.27. The molecule has 0 saturated carbocycles. The topological polar surface area (TPSA) is 76.1 Å². The molecule has 1 aliphatic heterocycles. The molecule has 1 saturated heterocycles. The van der Waals surface area contributed by atoms with Crippen molar-refractivity contribution >= 4 is 11.9 Å². The van der Waals surface area contributed by atoms with Gasteiger partial charge in [-0.1, -0.05) is 18.2 Å². The Morgan fingerprint density at radius 2 is 2.19 bits per heavy atom. The van der Waals surface area contributed by atoms with E-state index in [4.69, 9.17) is 4.74 Å². The molecule has 0 aliphatic carbocycles. The fourth-order valence-corrected chi connectivity index (χ4v) is 2.27. The first kappa shape index (κ1) is 15.3. The number of esters is 1. The number of hydrogen-bond acceptors (Lipinski definition) is 5. The minimum atomic E-state index is -0.352. The van der Waals surface area contributed by atoms with Crippen LogP contribution in [0, 0.1) is 0 Å². The molecule has 0 spiro atoms. The van der Waals surface area contributed by atoms with E-state index >= 15 is 0 Å². The van der Waals surface area contributed by atoms with Crippen LogP contribution in [0.15, 0.2) is 24.3 Å². The van der Waals surface area contributed by atoms with Crippen LogP contribution in [-0.4, -0.2) is 54.8 Å². The average Bonchev–Trinajstić information content (AvgIpc) is 2.49. The summed E-state index contributed by atoms with van der Waals surface area (Å²) in [5.41, 5.74) is 0.596. The number of amides is 1. The van der Waals surface area contributed by atoms with Crippen molar-refractivity contribution in [1.82, 2.24) is 4.90 Å². The molecule has 1 atom stereocenters. The number of hydrogen-bond donors (Lipinski definition) is 1. The van der Waals surface area contributed by atoms with Gasteiger partial charge in [0.1, 0.15) is 5.75 Å². The Balaban J connectivity index is 1.93. The van der Waals surface area contributed by atoms with E-state index in [-0.39, 0.29) is 36.6 Å². The van der Waals surface area contributed by atoms with Gasteiger partial charge in [-0.05, 0) is 6.07 Å². The number of morpholine rings is 1. The number of carbonyl (C=O) groups excluding carboxylic acids is 2. The highest BCUT2D eigenvalue weighted by Gasteiger charge is 2.26. The molecule has 21 heavy (non-hydrogen) atoms. The Morgan fingerprint density at radius 3 is 2.90 bits per heavy atom. The Morgan fingerprint density at radius 1 is 1.43 bits per heavy atom. The number of benzene rings is 1. The third kappa shape index (κ3) is 4.19. The predicted molar refractivity (Wildman–Crippen MR) is 74.8 cm³/mol. The number of ether oxygens (including phenoxy) is 2. The Labute approximate surface area is 123 Å². The molecule has 1 aromatic rings. The van der Waals surface area contributed by atoms with Crippen LogP contribution < -0.4 is 0 Å². The molecule has 1 N–H and O–H groups in total. The van der Waals surface area contributed by atoms with Crippen molar-refractivity contribution < 1.29 is 24.2 Å². The van der Waals surface area contributed by atoms with Crippen LogP contribution in [0.5, 0.6) is 5.75 Å². The Bertz CT molecular complexity index is 517. The zero-order valence-electron chi connectivity index (χ0n) is 11.9. The first-order chi connectivity index (χ1) is 10.1. The smallest absolute Gasteiger partial charge is 0.308 e. The molecular formula is C15H19NO5. The van der Waals surface area contributed by atoms with Crippen molar-refractivity contribution in [1.29, 1.82) is 0 Å². The van der Waals surface area contributed by atoms with E-state index in [1.807, 2.05) is 0 Å². The summed E-state index contributed by atoms with van der Waals surface area (Å²) in [4.78, 5) is 25.2. The van der Waals surface area contributed by atoms with E-state index in [0.717, 1.165) is 0 Å². The van der Waals surface area contributed by atoms with Crippen LogP contribution in [0.25, 0.3) is 0 Å². The van der Waals surface area contributed by atoms with Crippen LogP contribution >= 0.6 is 0 Å². The van der Waals surface area contributed by atoms with Gasteiger partial charge in [0.05, 0.1) is 32.7 Å². The standard InChI is InChI=1S/C15H19NO5/c1-20-15(19)9-12-10-16(6-7-21-12)14(18)8-11-4-2-3-5-13(11)17/h2-5,12,17H,6-10H2,1H3. The Kier molecular flexibility index (Phi) is 5.16. The Hall–Kier alpha value is -2.08. The molecule has 114 valence electrons. The fraction of sp³-hybridized carbons (Fsp3) is 0.467. The molecule has 1 aliphatic rings. The van der Waals surface area contributed by atoms with Crippen LogP contribution in [0.1, 0.15) is 12.0 Å². The summed E-state index contributed by atoms with van der Waals surface area (Å²) in [5.74, 6) is -0.324. The molecule has 6 heteroatoms. The van der Waals surface area contributed by atoms with Crippen LogP contribution in [0.3, 0.4) is 0 Å². The quantitative estimate of drug-likeness (QED) is 0.828. The number of carbonyl (C=O) groups is 2. The van der Waals surface area contributed by atoms with Gasteiger partial charge >= 0.3 is 5.97 Å². The lowest BCUT2D eigenvalue weighted by Crippen LogP contribution is -2.46. The molecular weight excluding hydrogens is 274 g/mol. The molecule has 0 radical (unpaired) electrons. The van der Waals surface area contributed by atoms with Gasteiger partial charge in [-0.2, -0.15) is 0 Å². The number of methoxy groups -OCH3 is 1. The van der Waals surface area contributed by atoms with Crippen molar-refractivity contribution in [2.75, 3.05) is 26.8 Å². The number of aromatic hydroxyl groups is 1. The zero-order chi connectivity index (χ0) is 15.2. The lowest BCUT2D eigenvalue weighted by atomic mass is 10.1. The summed E-state index contributed by atoms with van der Waals surface area (Å²) in [6.07, 6.45) is -0.0615. The van der Waals surface area contributed by atoms with Crippen LogP contribution in [0.4, 0.5) is 0 Å². The highest BCUT2D eigenvalue weighted by atomic mass is 16.5. The van der Waals surface area contributed by atoms with Crippen molar-refractivity contribution in [3.05, 3.63) is 29.8 Å². The largest absolute Gasteiger partial charge is 0.508 e. The number of rotatable bonds is 4. The van der Waals surface area contributed by atoms with E-state index in [1.54, 1.807) is 29.2 Å². The van der Waals surface area contributed by atoms with Crippen molar-refractivity contribution in [3.63, 3.8) is 0 Å². The lowest BCUT2D eigenvalue weighted by Gasteiger charge is -2.32. The monoisotopic (exact) mass is 293 g/mol. The highest BCUT2D eigenvalue weighted by Crippen LogP contribution is 2.18. The van der Waals surface area contributed by atoms with Gasteiger partial charge < -0.3 is 19.5 Å². The summed E-state index contributed by atoms with van der Waals surface area (Å²) >= 11 is 0. The highest BCUT2D eigenvalue weighted by molar-refractivity contribution is 5.79. The molecule has 1 unspecified atom stereocenters. The molecule has 1 heterocycles. The minimum Gasteiger partial charge on any atom is -0.508 e. The molecule has 2 rings (SSSR count). The molecule has 6 nitrogen and oxygen atoms in total. The third-order valence-electron chi connectivity index (χ3n) is 3.45. The third-order valence-corrected chi connectivity index (χ3v) is 3.45. The molecule has 0 aromatic heterocycles. The summed E-state index contributed by atoms with van der Waals surface area (Å²) in [5, 5.41) is 9.70. The normalized spacial score (nSPS) is 18.3. The lowest BCUT2D eigenvalue weighted by molar-refractivity contribution is -0.149. The van der Waals surface area contributed by atoms with Crippen molar-refractivity contribution in [3.8, 4) is 5.75 Å². The SMILES string of the molecule is COC(=O)CC1CN(C(=O)Cc2ccccc2O)CCO1. The maximum Gasteiger partial charge on any atom is 0.308 e. The van der Waals surface area contributed by atoms with E-state index in [1.165, 1.54) is 7.11 Å². The first-order valence-electron chi connectivity index (χ1n) is 6.83. The zero-order valence-corrected chi connectivity index (χ0v) is 11.9. The van der Waals surface area contributed by atoms with Crippen molar-refractivity contribution in [2.45, 2.75) is 18.9 Å². The van der Waals surface area contributed by atoms with E-state index < -0.39 is 0 Å². The summed E-state index contributed by atoms with van der Waals surface area (Å²) in [6, 6.07) is 6.77. The molecule has 1 fully saturated rings. The maximum absolute atomic E-state index is 12.3. The maximum atomic E-state index is 12.3. The summed E-state index contributed by atoms with van der Waals surface area (Å²) in [6.45, 7) is 1.25. The second kappa shape index (κ2) is 7.08. The van der Waals surface area contributed by atoms with Gasteiger partial charge in [-0.15, -0.1) is 0 Å².